The Labute approximate surface area is 232 Å². The van der Waals surface area contributed by atoms with E-state index in [4.69, 9.17) is 9.47 Å². The van der Waals surface area contributed by atoms with Crippen molar-refractivity contribution in [1.82, 2.24) is 5.32 Å². The van der Waals surface area contributed by atoms with Crippen LogP contribution in [0.3, 0.4) is 0 Å². The fourth-order valence-corrected chi connectivity index (χ4v) is 5.22. The van der Waals surface area contributed by atoms with Gasteiger partial charge in [-0.15, -0.1) is 0 Å². The van der Waals surface area contributed by atoms with E-state index in [2.05, 4.69) is 10.0 Å². The van der Waals surface area contributed by atoms with Gasteiger partial charge in [-0.05, 0) is 54.1 Å². The van der Waals surface area contributed by atoms with Gasteiger partial charge in [0, 0.05) is 12.2 Å². The van der Waals surface area contributed by atoms with Gasteiger partial charge in [0.05, 0.1) is 17.1 Å². The average Bonchev–Trinajstić information content (AvgIpc) is 2.99. The molecule has 0 radical (unpaired) electrons. The molecule has 0 aromatic heterocycles. The topological polar surface area (TPSA) is 114 Å². The molecule has 4 aromatic rings. The minimum absolute atomic E-state index is 0.0160. The lowest BCUT2D eigenvalue weighted by Gasteiger charge is -2.34. The molecule has 40 heavy (non-hydrogen) atoms. The number of rotatable bonds is 9. The molecule has 1 heterocycles. The van der Waals surface area contributed by atoms with Crippen molar-refractivity contribution in [2.45, 2.75) is 17.5 Å². The van der Waals surface area contributed by atoms with Gasteiger partial charge in [-0.2, -0.15) is 0 Å². The van der Waals surface area contributed by atoms with Crippen LogP contribution >= 0.6 is 0 Å². The van der Waals surface area contributed by atoms with E-state index in [-0.39, 0.29) is 29.9 Å². The van der Waals surface area contributed by atoms with E-state index in [9.17, 15) is 18.0 Å². The summed E-state index contributed by atoms with van der Waals surface area (Å²) in [7, 11) is -3.78. The highest BCUT2D eigenvalue weighted by Gasteiger charge is 2.33. The fraction of sp³-hybridized carbons (Fsp3) is 0.133. The molecule has 0 saturated carbocycles. The highest BCUT2D eigenvalue weighted by molar-refractivity contribution is 7.92. The molecule has 0 bridgehead atoms. The predicted molar refractivity (Wildman–Crippen MR) is 151 cm³/mol. The first-order valence-corrected chi connectivity index (χ1v) is 14.1. The molecule has 0 aliphatic carbocycles. The maximum absolute atomic E-state index is 13.2. The number of anilines is 2. The molecule has 4 aromatic carbocycles. The zero-order valence-corrected chi connectivity index (χ0v) is 22.2. The molecule has 1 aliphatic heterocycles. The van der Waals surface area contributed by atoms with Gasteiger partial charge in [0.25, 0.3) is 21.8 Å². The Balaban J connectivity index is 1.22. The highest BCUT2D eigenvalue weighted by atomic mass is 32.2. The van der Waals surface area contributed by atoms with Crippen molar-refractivity contribution in [3.63, 3.8) is 0 Å². The third-order valence-electron chi connectivity index (χ3n) is 6.20. The summed E-state index contributed by atoms with van der Waals surface area (Å²) < 4.78 is 39.4. The number of benzene rings is 4. The van der Waals surface area contributed by atoms with Gasteiger partial charge >= 0.3 is 0 Å². The third kappa shape index (κ3) is 6.41. The summed E-state index contributed by atoms with van der Waals surface area (Å²) in [4.78, 5) is 27.6. The van der Waals surface area contributed by atoms with Gasteiger partial charge in [-0.1, -0.05) is 60.7 Å². The van der Waals surface area contributed by atoms with E-state index >= 15 is 0 Å². The van der Waals surface area contributed by atoms with Crippen LogP contribution in [0.5, 0.6) is 11.5 Å². The maximum Gasteiger partial charge on any atom is 0.265 e. The van der Waals surface area contributed by atoms with Crippen LogP contribution in [0.1, 0.15) is 5.56 Å². The summed E-state index contributed by atoms with van der Waals surface area (Å²) >= 11 is 0. The normalized spacial score (nSPS) is 14.4. The molecule has 2 amide bonds. The predicted octanol–water partition coefficient (Wildman–Crippen LogP) is 3.98. The van der Waals surface area contributed by atoms with Gasteiger partial charge in [0.1, 0.15) is 11.5 Å². The van der Waals surface area contributed by atoms with Crippen molar-refractivity contribution in [3.8, 4) is 11.5 Å². The lowest BCUT2D eigenvalue weighted by atomic mass is 10.1. The minimum Gasteiger partial charge on any atom is -0.484 e. The van der Waals surface area contributed by atoms with Crippen molar-refractivity contribution in [1.29, 1.82) is 0 Å². The van der Waals surface area contributed by atoms with Gasteiger partial charge < -0.3 is 19.7 Å². The Morgan fingerprint density at radius 1 is 0.850 bits per heavy atom. The van der Waals surface area contributed by atoms with Crippen molar-refractivity contribution >= 4 is 33.2 Å². The van der Waals surface area contributed by atoms with Crippen molar-refractivity contribution < 1.29 is 27.5 Å². The van der Waals surface area contributed by atoms with Crippen molar-refractivity contribution in [2.75, 3.05) is 22.8 Å². The van der Waals surface area contributed by atoms with E-state index in [1.807, 2.05) is 30.3 Å². The second-order valence-corrected chi connectivity index (χ2v) is 10.7. The van der Waals surface area contributed by atoms with Crippen LogP contribution in [0, 0.1) is 0 Å². The van der Waals surface area contributed by atoms with Gasteiger partial charge in [-0.3, -0.25) is 14.3 Å². The number of sulfonamides is 1. The van der Waals surface area contributed by atoms with Crippen LogP contribution in [0.25, 0.3) is 0 Å². The lowest BCUT2D eigenvalue weighted by Crippen LogP contribution is -2.51. The van der Waals surface area contributed by atoms with Crippen LogP contribution in [0.2, 0.25) is 0 Å². The van der Waals surface area contributed by atoms with Gasteiger partial charge in [-0.25, -0.2) is 8.42 Å². The first-order valence-electron chi connectivity index (χ1n) is 12.6. The number of amides is 2. The molecular formula is C30H27N3O6S. The SMILES string of the molecule is O=C(NCc1ccccc1)[C@@H]1CN(C(=O)COc2ccc(S(=O)(=O)Nc3ccccc3)cc2)c2ccccc2O1. The number of hydrogen-bond donors (Lipinski definition) is 2. The zero-order valence-electron chi connectivity index (χ0n) is 21.4. The first-order chi connectivity index (χ1) is 19.4. The summed E-state index contributed by atoms with van der Waals surface area (Å²) in [6.07, 6.45) is -0.899. The molecule has 2 N–H and O–H groups in total. The quantitative estimate of drug-likeness (QED) is 0.322. The zero-order chi connectivity index (χ0) is 28.0. The first kappa shape index (κ1) is 26.8. The van der Waals surface area contributed by atoms with E-state index in [1.54, 1.807) is 54.6 Å². The lowest BCUT2D eigenvalue weighted by molar-refractivity contribution is -0.128. The summed E-state index contributed by atoms with van der Waals surface area (Å²) in [5.74, 6) is 0.0326. The third-order valence-corrected chi connectivity index (χ3v) is 7.60. The van der Waals surface area contributed by atoms with Crippen LogP contribution < -0.4 is 24.4 Å². The number of ether oxygens (including phenoxy) is 2. The molecule has 0 saturated heterocycles. The van der Waals surface area contributed by atoms with E-state index < -0.39 is 16.1 Å². The highest BCUT2D eigenvalue weighted by Crippen LogP contribution is 2.33. The van der Waals surface area contributed by atoms with Crippen LogP contribution in [0.4, 0.5) is 11.4 Å². The van der Waals surface area contributed by atoms with Gasteiger partial charge in [0.2, 0.25) is 0 Å². The Hall–Kier alpha value is -4.83. The van der Waals surface area contributed by atoms with E-state index in [0.717, 1.165) is 5.56 Å². The molecule has 10 heteroatoms. The molecule has 9 nitrogen and oxygen atoms in total. The minimum atomic E-state index is -3.78. The van der Waals surface area contributed by atoms with Crippen LogP contribution in [-0.4, -0.2) is 39.5 Å². The number of carbonyl (C=O) groups excluding carboxylic acids is 2. The maximum atomic E-state index is 13.2. The Morgan fingerprint density at radius 3 is 2.23 bits per heavy atom. The number of hydrogen-bond acceptors (Lipinski definition) is 6. The number of carbonyl (C=O) groups is 2. The second kappa shape index (κ2) is 11.9. The number of fused-ring (bicyclic) bond motifs is 1. The molecular weight excluding hydrogens is 530 g/mol. The molecule has 0 spiro atoms. The summed E-state index contributed by atoms with van der Waals surface area (Å²) in [6, 6.07) is 30.8. The molecule has 1 atom stereocenters. The number of para-hydroxylation sites is 3. The standard InChI is InChI=1S/C30H27N3O6S/c34-29(21-38-24-15-17-25(18-16-24)40(36,37)32-23-11-5-2-6-12-23)33-20-28(39-27-14-8-7-13-26(27)33)30(35)31-19-22-9-3-1-4-10-22/h1-18,28,32H,19-21H2,(H,31,35)/t28-/m0/s1. The molecule has 204 valence electrons. The largest absolute Gasteiger partial charge is 0.484 e. The van der Waals surface area contributed by atoms with E-state index in [1.165, 1.54) is 29.2 Å². The van der Waals surface area contributed by atoms with Crippen LogP contribution in [-0.2, 0) is 26.2 Å². The average molecular weight is 558 g/mol. The monoisotopic (exact) mass is 557 g/mol. The number of nitrogens with one attached hydrogen (secondary N) is 2. The fourth-order valence-electron chi connectivity index (χ4n) is 4.16. The van der Waals surface area contributed by atoms with Crippen LogP contribution in [0.15, 0.2) is 114 Å². The summed E-state index contributed by atoms with van der Waals surface area (Å²) in [6.45, 7) is 0.0358. The molecule has 5 rings (SSSR count). The Kier molecular flexibility index (Phi) is 7.97. The Bertz CT molecular complexity index is 1580. The summed E-state index contributed by atoms with van der Waals surface area (Å²) in [5.41, 5.74) is 1.94. The molecule has 0 fully saturated rings. The second-order valence-electron chi connectivity index (χ2n) is 9.01. The van der Waals surface area contributed by atoms with E-state index in [0.29, 0.717) is 29.4 Å². The van der Waals surface area contributed by atoms with Crippen molar-refractivity contribution in [2.24, 2.45) is 0 Å². The van der Waals surface area contributed by atoms with Crippen molar-refractivity contribution in [3.05, 3.63) is 115 Å². The molecule has 0 unspecified atom stereocenters. The smallest absolute Gasteiger partial charge is 0.265 e. The molecule has 1 aliphatic rings. The number of nitrogens with zero attached hydrogens (tertiary/aromatic N) is 1. The summed E-state index contributed by atoms with van der Waals surface area (Å²) in [5, 5.41) is 2.86. The Morgan fingerprint density at radius 2 is 1.50 bits per heavy atom. The van der Waals surface area contributed by atoms with Gasteiger partial charge in [0.15, 0.2) is 12.7 Å².